The fourth-order valence-electron chi connectivity index (χ4n) is 2.09. The van der Waals surface area contributed by atoms with Crippen LogP contribution in [-0.4, -0.2) is 37.1 Å². The highest BCUT2D eigenvalue weighted by atomic mass is 32.1. The Kier molecular flexibility index (Phi) is 3.94. The number of hydrogen-bond acceptors (Lipinski definition) is 5. The summed E-state index contributed by atoms with van der Waals surface area (Å²) in [5.74, 6) is 0.597. The van der Waals surface area contributed by atoms with Gasteiger partial charge >= 0.3 is 0 Å². The van der Waals surface area contributed by atoms with Crippen molar-refractivity contribution in [1.82, 2.24) is 4.98 Å². The van der Waals surface area contributed by atoms with Crippen molar-refractivity contribution in [2.45, 2.75) is 19.3 Å². The third-order valence-corrected chi connectivity index (χ3v) is 4.36. The van der Waals surface area contributed by atoms with E-state index >= 15 is 0 Å². The number of carbonyl (C=O) groups is 1. The molecule has 1 aliphatic heterocycles. The van der Waals surface area contributed by atoms with E-state index in [1.165, 1.54) is 0 Å². The summed E-state index contributed by atoms with van der Waals surface area (Å²) < 4.78 is 5.33. The van der Waals surface area contributed by atoms with Crippen LogP contribution >= 0.6 is 11.3 Å². The second-order valence-electron chi connectivity index (χ2n) is 5.00. The van der Waals surface area contributed by atoms with Crippen molar-refractivity contribution >= 4 is 22.3 Å². The van der Waals surface area contributed by atoms with Gasteiger partial charge in [0.15, 0.2) is 10.9 Å². The highest BCUT2D eigenvalue weighted by molar-refractivity contribution is 7.13. The van der Waals surface area contributed by atoms with Crippen molar-refractivity contribution in [2.24, 2.45) is 5.92 Å². The summed E-state index contributed by atoms with van der Waals surface area (Å²) in [6, 6.07) is 0. The van der Waals surface area contributed by atoms with Crippen LogP contribution in [0.2, 0.25) is 0 Å². The number of anilines is 1. The van der Waals surface area contributed by atoms with Gasteiger partial charge in [0.25, 0.3) is 0 Å². The van der Waals surface area contributed by atoms with Crippen LogP contribution in [0.1, 0.15) is 18.5 Å². The van der Waals surface area contributed by atoms with Crippen LogP contribution in [0.15, 0.2) is 17.5 Å². The lowest BCUT2D eigenvalue weighted by atomic mass is 10.2. The zero-order valence-electron chi connectivity index (χ0n) is 10.9. The van der Waals surface area contributed by atoms with E-state index in [4.69, 9.17) is 4.74 Å². The first-order valence-corrected chi connectivity index (χ1v) is 7.68. The largest absolute Gasteiger partial charge is 0.378 e. The van der Waals surface area contributed by atoms with Gasteiger partial charge in [0.1, 0.15) is 0 Å². The summed E-state index contributed by atoms with van der Waals surface area (Å²) in [5, 5.41) is 3.15. The molecule has 0 unspecified atom stereocenters. The molecule has 2 fully saturated rings. The van der Waals surface area contributed by atoms with E-state index in [0.717, 1.165) is 56.4 Å². The minimum absolute atomic E-state index is 0.281. The molecule has 0 spiro atoms. The molecule has 1 aromatic rings. The fraction of sp³-hybridized carbons (Fsp3) is 0.571. The molecule has 19 heavy (non-hydrogen) atoms. The van der Waals surface area contributed by atoms with E-state index in [1.807, 2.05) is 6.08 Å². The van der Waals surface area contributed by atoms with Crippen LogP contribution in [0.4, 0.5) is 5.13 Å². The lowest BCUT2D eigenvalue weighted by Gasteiger charge is -2.25. The van der Waals surface area contributed by atoms with Crippen LogP contribution in [-0.2, 0) is 16.0 Å². The number of morpholine rings is 1. The molecule has 2 heterocycles. The fourth-order valence-corrected chi connectivity index (χ4v) is 2.98. The van der Waals surface area contributed by atoms with Gasteiger partial charge in [-0.2, -0.15) is 0 Å². The number of ether oxygens (including phenoxy) is 1. The first-order valence-electron chi connectivity index (χ1n) is 6.80. The molecule has 5 heteroatoms. The quantitative estimate of drug-likeness (QED) is 0.773. The molecule has 1 aromatic heterocycles. The van der Waals surface area contributed by atoms with Crippen molar-refractivity contribution in [3.8, 4) is 0 Å². The molecule has 102 valence electrons. The smallest absolute Gasteiger partial charge is 0.185 e. The van der Waals surface area contributed by atoms with Crippen LogP contribution in [0.5, 0.6) is 0 Å². The van der Waals surface area contributed by atoms with Crippen LogP contribution in [0.3, 0.4) is 0 Å². The van der Waals surface area contributed by atoms with Gasteiger partial charge in [-0.05, 0) is 18.9 Å². The molecule has 4 nitrogen and oxygen atoms in total. The monoisotopic (exact) mass is 278 g/mol. The number of hydrogen-bond donors (Lipinski definition) is 0. The average Bonchev–Trinajstić information content (AvgIpc) is 3.20. The van der Waals surface area contributed by atoms with Crippen LogP contribution in [0.25, 0.3) is 0 Å². The Morgan fingerprint density at radius 3 is 3.00 bits per heavy atom. The third-order valence-electron chi connectivity index (χ3n) is 3.41. The van der Waals surface area contributed by atoms with Gasteiger partial charge in [-0.1, -0.05) is 6.08 Å². The second-order valence-corrected chi connectivity index (χ2v) is 5.84. The normalized spacial score (nSPS) is 20.1. The molecule has 0 bridgehead atoms. The molecule has 0 amide bonds. The molecule has 1 saturated heterocycles. The predicted molar refractivity (Wildman–Crippen MR) is 75.7 cm³/mol. The summed E-state index contributed by atoms with van der Waals surface area (Å²) in [4.78, 5) is 18.4. The van der Waals surface area contributed by atoms with E-state index in [-0.39, 0.29) is 5.78 Å². The number of allylic oxidation sites excluding steroid dienone is 2. The topological polar surface area (TPSA) is 42.4 Å². The van der Waals surface area contributed by atoms with E-state index in [9.17, 15) is 4.79 Å². The molecule has 3 rings (SSSR count). The molecule has 0 N–H and O–H groups in total. The highest BCUT2D eigenvalue weighted by Crippen LogP contribution is 2.30. The third kappa shape index (κ3) is 3.42. The molecular formula is C14H18N2O2S. The number of carbonyl (C=O) groups excluding carboxylic acids is 1. The minimum Gasteiger partial charge on any atom is -0.378 e. The van der Waals surface area contributed by atoms with Gasteiger partial charge in [-0.15, -0.1) is 11.3 Å². The first kappa shape index (κ1) is 12.8. The lowest BCUT2D eigenvalue weighted by molar-refractivity contribution is -0.115. The molecule has 2 aliphatic rings. The average molecular weight is 278 g/mol. The van der Waals surface area contributed by atoms with Crippen molar-refractivity contribution in [3.63, 3.8) is 0 Å². The number of rotatable bonds is 5. The zero-order chi connectivity index (χ0) is 13.1. The van der Waals surface area contributed by atoms with E-state index in [0.29, 0.717) is 5.92 Å². The van der Waals surface area contributed by atoms with Crippen molar-refractivity contribution in [3.05, 3.63) is 23.2 Å². The van der Waals surface area contributed by atoms with Gasteiger partial charge in [-0.3, -0.25) is 4.79 Å². The lowest BCUT2D eigenvalue weighted by Crippen LogP contribution is -2.36. The summed E-state index contributed by atoms with van der Waals surface area (Å²) in [6.45, 7) is 3.40. The Bertz CT molecular complexity index is 474. The second kappa shape index (κ2) is 5.84. The Morgan fingerprint density at radius 1 is 1.47 bits per heavy atom. The van der Waals surface area contributed by atoms with E-state index < -0.39 is 0 Å². The Balaban J connectivity index is 1.53. The van der Waals surface area contributed by atoms with Crippen molar-refractivity contribution in [2.75, 3.05) is 31.2 Å². The van der Waals surface area contributed by atoms with E-state index in [1.54, 1.807) is 17.4 Å². The molecule has 1 aliphatic carbocycles. The molecular weight excluding hydrogens is 260 g/mol. The zero-order valence-corrected chi connectivity index (χ0v) is 11.7. The first-order chi connectivity index (χ1) is 9.33. The number of ketones is 1. The number of nitrogens with zero attached hydrogens (tertiary/aromatic N) is 2. The summed E-state index contributed by atoms with van der Waals surface area (Å²) >= 11 is 1.67. The minimum atomic E-state index is 0.281. The van der Waals surface area contributed by atoms with Gasteiger partial charge in [0, 0.05) is 30.8 Å². The Hall–Kier alpha value is -1.20. The SMILES string of the molecule is O=C(/C=C\Cc1csc(N2CCOCC2)n1)C1CC1. The van der Waals surface area contributed by atoms with Gasteiger partial charge < -0.3 is 9.64 Å². The molecule has 1 saturated carbocycles. The van der Waals surface area contributed by atoms with E-state index in [2.05, 4.69) is 15.3 Å². The maximum absolute atomic E-state index is 11.5. The number of aromatic nitrogens is 1. The summed E-state index contributed by atoms with van der Waals surface area (Å²) in [7, 11) is 0. The maximum atomic E-state index is 11.5. The molecule has 0 radical (unpaired) electrons. The van der Waals surface area contributed by atoms with Gasteiger partial charge in [0.2, 0.25) is 0 Å². The standard InChI is InChI=1S/C14H18N2O2S/c17-13(11-4-5-11)3-1-2-12-10-19-14(15-12)16-6-8-18-9-7-16/h1,3,10-11H,2,4-9H2/b3-1-. The van der Waals surface area contributed by atoms with Gasteiger partial charge in [-0.25, -0.2) is 4.98 Å². The highest BCUT2D eigenvalue weighted by Gasteiger charge is 2.27. The number of thiazole rings is 1. The summed E-state index contributed by atoms with van der Waals surface area (Å²) in [6.07, 6.45) is 6.56. The predicted octanol–water partition coefficient (Wildman–Crippen LogP) is 2.06. The van der Waals surface area contributed by atoms with Gasteiger partial charge in [0.05, 0.1) is 18.9 Å². The Labute approximate surface area is 117 Å². The van der Waals surface area contributed by atoms with Crippen molar-refractivity contribution in [1.29, 1.82) is 0 Å². The molecule has 0 atom stereocenters. The van der Waals surface area contributed by atoms with Crippen molar-refractivity contribution < 1.29 is 9.53 Å². The van der Waals surface area contributed by atoms with Crippen LogP contribution in [0, 0.1) is 5.92 Å². The Morgan fingerprint density at radius 2 is 2.26 bits per heavy atom. The van der Waals surface area contributed by atoms with Crippen LogP contribution < -0.4 is 4.90 Å². The maximum Gasteiger partial charge on any atom is 0.185 e. The summed E-state index contributed by atoms with van der Waals surface area (Å²) in [5.41, 5.74) is 1.05. The molecule has 0 aromatic carbocycles.